The summed E-state index contributed by atoms with van der Waals surface area (Å²) in [7, 11) is 0. The molecule has 11 heteroatoms. The van der Waals surface area contributed by atoms with Crippen LogP contribution in [0.1, 0.15) is 86.0 Å². The molecule has 0 aromatic carbocycles. The van der Waals surface area contributed by atoms with Crippen LogP contribution < -0.4 is 0 Å². The average Bonchev–Trinajstić information content (AvgIpc) is 3.71. The van der Waals surface area contributed by atoms with Crippen molar-refractivity contribution in [1.29, 1.82) is 0 Å². The number of esters is 2. The molecule has 0 aromatic heterocycles. The normalized spacial score (nSPS) is 40.8. The lowest BCUT2D eigenvalue weighted by molar-refractivity contribution is -0.287. The van der Waals surface area contributed by atoms with E-state index in [4.69, 9.17) is 14.2 Å². The van der Waals surface area contributed by atoms with Gasteiger partial charge in [-0.2, -0.15) is 0 Å². The van der Waals surface area contributed by atoms with Gasteiger partial charge in [0.2, 0.25) is 0 Å². The van der Waals surface area contributed by atoms with Crippen molar-refractivity contribution in [2.24, 2.45) is 17.8 Å². The Kier molecular flexibility index (Phi) is 11.1. The van der Waals surface area contributed by atoms with Crippen molar-refractivity contribution in [2.45, 2.75) is 133 Å². The van der Waals surface area contributed by atoms with E-state index in [-0.39, 0.29) is 11.1 Å². The molecular weight excluding hydrogens is 608 g/mol. The topological polar surface area (TPSA) is 183 Å². The number of hydrogen-bond acceptors (Lipinski definition) is 11. The maximum absolute atomic E-state index is 13.4. The maximum atomic E-state index is 13.4. The van der Waals surface area contributed by atoms with E-state index in [1.807, 2.05) is 6.08 Å². The van der Waals surface area contributed by atoms with Gasteiger partial charge in [0.25, 0.3) is 0 Å². The number of ether oxygens (including phenoxy) is 3. The number of aliphatic hydroxyl groups excluding tert-OH is 2. The summed E-state index contributed by atoms with van der Waals surface area (Å²) in [5.74, 6) is -6.79. The molecule has 4 rings (SSSR count). The standard InChI is InChI=1S/C36H52O11/c1-7-8-9-10-11-12-13-14-15-16-17-18-26(39)46-31-27-30-33(20-37,47-30)32(41)36(44)25(19-22(4)28(36)40)35(27,43)23(5)29(45-24(6)38)34(31,42)21(2)3/h15-19,23,25,27,29-32,37,41-44H,2,7-14,20H2,1,3-6H3/b16-15+,18-17+/t23-,25+,27?,29-,30+,31-,32-,33+,34+,35+,36-/m1/s1. The second kappa shape index (κ2) is 14.1. The van der Waals surface area contributed by atoms with Crippen molar-refractivity contribution >= 4 is 17.7 Å². The Morgan fingerprint density at radius 2 is 1.66 bits per heavy atom. The number of allylic oxidation sites excluding steroid dienone is 3. The van der Waals surface area contributed by atoms with Gasteiger partial charge >= 0.3 is 11.9 Å². The van der Waals surface area contributed by atoms with Gasteiger partial charge in [0.15, 0.2) is 17.0 Å². The van der Waals surface area contributed by atoms with Crippen LogP contribution in [0.3, 0.4) is 0 Å². The molecule has 0 radical (unpaired) electrons. The van der Waals surface area contributed by atoms with Crippen LogP contribution in [0.4, 0.5) is 0 Å². The molecule has 0 amide bonds. The highest BCUT2D eigenvalue weighted by molar-refractivity contribution is 6.05. The first-order chi connectivity index (χ1) is 22.1. The molecule has 1 aliphatic heterocycles. The third-order valence-electron chi connectivity index (χ3n) is 10.9. The maximum Gasteiger partial charge on any atom is 0.331 e. The summed E-state index contributed by atoms with van der Waals surface area (Å²) >= 11 is 0. The number of carbonyl (C=O) groups excluding carboxylic acids is 3. The van der Waals surface area contributed by atoms with Crippen LogP contribution in [0.2, 0.25) is 0 Å². The van der Waals surface area contributed by atoms with Gasteiger partial charge in [-0.25, -0.2) is 4.79 Å². The van der Waals surface area contributed by atoms with E-state index in [1.165, 1.54) is 65.0 Å². The fourth-order valence-corrected chi connectivity index (χ4v) is 8.29. The lowest BCUT2D eigenvalue weighted by Crippen LogP contribution is -2.76. The van der Waals surface area contributed by atoms with Crippen molar-refractivity contribution in [3.05, 3.63) is 48.1 Å². The van der Waals surface area contributed by atoms with E-state index in [1.54, 1.807) is 6.08 Å². The van der Waals surface area contributed by atoms with Crippen molar-refractivity contribution in [2.75, 3.05) is 6.61 Å². The second-order valence-electron chi connectivity index (χ2n) is 13.9. The van der Waals surface area contributed by atoms with E-state index in [9.17, 15) is 39.9 Å². The van der Waals surface area contributed by atoms with E-state index in [0.717, 1.165) is 32.3 Å². The van der Waals surface area contributed by atoms with Crippen LogP contribution >= 0.6 is 0 Å². The third kappa shape index (κ3) is 6.08. The fraction of sp³-hybridized carbons (Fsp3) is 0.694. The van der Waals surface area contributed by atoms with Gasteiger partial charge in [-0.3, -0.25) is 9.59 Å². The van der Waals surface area contributed by atoms with E-state index < -0.39 is 88.9 Å². The average molecular weight is 661 g/mol. The number of ketones is 1. The smallest absolute Gasteiger partial charge is 0.331 e. The quantitative estimate of drug-likeness (QED) is 0.0461. The Morgan fingerprint density at radius 3 is 2.26 bits per heavy atom. The molecule has 47 heavy (non-hydrogen) atoms. The van der Waals surface area contributed by atoms with Crippen molar-refractivity contribution < 1.29 is 54.1 Å². The summed E-state index contributed by atoms with van der Waals surface area (Å²) < 4.78 is 17.4. The fourth-order valence-electron chi connectivity index (χ4n) is 8.29. The largest absolute Gasteiger partial charge is 0.459 e. The van der Waals surface area contributed by atoms with Gasteiger partial charge in [-0.15, -0.1) is 0 Å². The van der Waals surface area contributed by atoms with Crippen molar-refractivity contribution in [3.8, 4) is 0 Å². The Balaban J connectivity index is 1.69. The first-order valence-corrected chi connectivity index (χ1v) is 16.8. The Hall–Kier alpha value is -2.67. The van der Waals surface area contributed by atoms with Crippen molar-refractivity contribution in [3.63, 3.8) is 0 Å². The number of rotatable bonds is 14. The Labute approximate surface area is 277 Å². The van der Waals surface area contributed by atoms with Crippen LogP contribution in [0.15, 0.2) is 48.1 Å². The minimum Gasteiger partial charge on any atom is -0.459 e. The van der Waals surface area contributed by atoms with Crippen LogP contribution in [0.5, 0.6) is 0 Å². The molecule has 1 saturated heterocycles. The Bertz CT molecular complexity index is 1320. The molecule has 3 fully saturated rings. The van der Waals surface area contributed by atoms with E-state index in [2.05, 4.69) is 13.5 Å². The molecule has 1 heterocycles. The van der Waals surface area contributed by atoms with Gasteiger partial charge in [0.05, 0.1) is 18.1 Å². The predicted octanol–water partition coefficient (Wildman–Crippen LogP) is 2.77. The van der Waals surface area contributed by atoms with Crippen LogP contribution in [-0.2, 0) is 28.6 Å². The molecule has 2 saturated carbocycles. The third-order valence-corrected chi connectivity index (χ3v) is 10.9. The van der Waals surface area contributed by atoms with Crippen LogP contribution in [0, 0.1) is 17.8 Å². The molecule has 0 bridgehead atoms. The number of carbonyl (C=O) groups is 3. The highest BCUT2D eigenvalue weighted by atomic mass is 16.6. The minimum absolute atomic E-state index is 0.0403. The lowest BCUT2D eigenvalue weighted by Gasteiger charge is -2.59. The number of epoxide rings is 1. The zero-order chi connectivity index (χ0) is 34.9. The number of fused-ring (bicyclic) bond motifs is 5. The number of unbranched alkanes of at least 4 members (excludes halogenated alkanes) is 7. The molecule has 11 nitrogen and oxygen atoms in total. The summed E-state index contributed by atoms with van der Waals surface area (Å²) in [5.41, 5.74) is -9.06. The molecule has 3 aliphatic carbocycles. The first-order valence-electron chi connectivity index (χ1n) is 16.8. The van der Waals surface area contributed by atoms with Gasteiger partial charge in [-0.05, 0) is 37.8 Å². The van der Waals surface area contributed by atoms with Gasteiger partial charge in [-0.1, -0.05) is 83.3 Å². The molecular formula is C36H52O11. The van der Waals surface area contributed by atoms with E-state index in [0.29, 0.717) is 0 Å². The summed E-state index contributed by atoms with van der Waals surface area (Å²) in [5, 5.41) is 59.1. The summed E-state index contributed by atoms with van der Waals surface area (Å²) in [6.07, 6.45) is 10.1. The molecule has 262 valence electrons. The Morgan fingerprint density at radius 1 is 1.02 bits per heavy atom. The van der Waals surface area contributed by atoms with Gasteiger partial charge in [0, 0.05) is 24.8 Å². The summed E-state index contributed by atoms with van der Waals surface area (Å²) in [4.78, 5) is 39.2. The minimum atomic E-state index is -2.65. The van der Waals surface area contributed by atoms with Gasteiger partial charge in [0.1, 0.15) is 30.0 Å². The summed E-state index contributed by atoms with van der Waals surface area (Å²) in [6, 6.07) is 0. The highest BCUT2D eigenvalue weighted by Gasteiger charge is 2.85. The SMILES string of the molecule is C=C(C)[C@@]1(O)[C@H](OC(=O)/C=C/C=C/CCCCCCCCC)C2[C@@H]3O[C@]3(CO)[C@@H](O)[C@]3(O)C(=O)C(C)=C[C@H]3[C@@]2(O)[C@H](C)[C@H]1OC(C)=O. The van der Waals surface area contributed by atoms with Crippen LogP contribution in [-0.4, -0.2) is 96.7 Å². The highest BCUT2D eigenvalue weighted by Crippen LogP contribution is 2.66. The summed E-state index contributed by atoms with van der Waals surface area (Å²) in [6.45, 7) is 10.7. The molecule has 0 spiro atoms. The van der Waals surface area contributed by atoms with Gasteiger partial charge < -0.3 is 39.7 Å². The zero-order valence-electron chi connectivity index (χ0n) is 28.2. The number of aliphatic hydroxyl groups is 5. The number of hydrogen-bond donors (Lipinski definition) is 5. The second-order valence-corrected chi connectivity index (χ2v) is 13.9. The molecule has 4 aliphatic rings. The lowest BCUT2D eigenvalue weighted by atomic mass is 9.53. The van der Waals surface area contributed by atoms with E-state index >= 15 is 0 Å². The van der Waals surface area contributed by atoms with Crippen LogP contribution in [0.25, 0.3) is 0 Å². The zero-order valence-corrected chi connectivity index (χ0v) is 28.2. The molecule has 1 unspecified atom stereocenters. The molecule has 5 N–H and O–H groups in total. The van der Waals surface area contributed by atoms with Crippen molar-refractivity contribution in [1.82, 2.24) is 0 Å². The monoisotopic (exact) mass is 660 g/mol. The predicted molar refractivity (Wildman–Crippen MR) is 172 cm³/mol. The number of Topliss-reactive ketones (excluding diaryl/α,β-unsaturated/α-hetero) is 1. The molecule has 11 atom stereocenters. The molecule has 0 aromatic rings. The first kappa shape index (κ1) is 37.2.